The first kappa shape index (κ1) is 15.6. The Hall–Kier alpha value is -1.96. The van der Waals surface area contributed by atoms with Gasteiger partial charge in [-0.05, 0) is 30.5 Å². The van der Waals surface area contributed by atoms with Crippen LogP contribution in [0, 0.1) is 6.92 Å². The maximum Gasteiger partial charge on any atom is 0.196 e. The summed E-state index contributed by atoms with van der Waals surface area (Å²) in [4.78, 5) is 4.72. The van der Waals surface area contributed by atoms with Gasteiger partial charge in [-0.1, -0.05) is 30.0 Å². The second-order valence-electron chi connectivity index (χ2n) is 5.15. The van der Waals surface area contributed by atoms with Crippen LogP contribution >= 0.6 is 34.4 Å². The zero-order valence-electron chi connectivity index (χ0n) is 12.9. The van der Waals surface area contributed by atoms with Gasteiger partial charge in [0, 0.05) is 27.8 Å². The van der Waals surface area contributed by atoms with Crippen LogP contribution in [-0.2, 0) is 5.75 Å². The van der Waals surface area contributed by atoms with Gasteiger partial charge in [0.05, 0.1) is 5.69 Å². The Bertz CT molecular complexity index is 926. The van der Waals surface area contributed by atoms with E-state index >= 15 is 0 Å². The number of thiophene rings is 1. The molecule has 0 radical (unpaired) electrons. The van der Waals surface area contributed by atoms with Crippen molar-refractivity contribution in [3.63, 3.8) is 0 Å². The molecular formula is C17H14N4S3. The molecule has 3 heterocycles. The summed E-state index contributed by atoms with van der Waals surface area (Å²) in [5.74, 6) is 1.67. The molecule has 0 fully saturated rings. The lowest BCUT2D eigenvalue weighted by atomic mass is 10.3. The molecule has 1 aromatic carbocycles. The third-order valence-electron chi connectivity index (χ3n) is 3.48. The highest BCUT2D eigenvalue weighted by molar-refractivity contribution is 7.98. The van der Waals surface area contributed by atoms with E-state index in [0.29, 0.717) is 0 Å². The molecule has 4 rings (SSSR count). The standard InChI is InChI=1S/C17H14N4S3/c1-12-19-20-17(21(12)15-5-3-2-4-6-15)24-11-14-10-23-16(18-14)13-7-8-22-9-13/h2-10H,11H2,1H3. The van der Waals surface area contributed by atoms with Gasteiger partial charge in [-0.3, -0.25) is 4.57 Å². The van der Waals surface area contributed by atoms with E-state index in [1.807, 2.05) is 25.1 Å². The fourth-order valence-electron chi connectivity index (χ4n) is 2.34. The summed E-state index contributed by atoms with van der Waals surface area (Å²) < 4.78 is 2.08. The van der Waals surface area contributed by atoms with Gasteiger partial charge in [-0.2, -0.15) is 11.3 Å². The average molecular weight is 371 g/mol. The lowest BCUT2D eigenvalue weighted by molar-refractivity contribution is 0.868. The van der Waals surface area contributed by atoms with Crippen LogP contribution in [0.15, 0.2) is 57.7 Å². The smallest absolute Gasteiger partial charge is 0.196 e. The number of rotatable bonds is 5. The van der Waals surface area contributed by atoms with Gasteiger partial charge in [-0.15, -0.1) is 21.5 Å². The van der Waals surface area contributed by atoms with E-state index < -0.39 is 0 Å². The van der Waals surface area contributed by atoms with Crippen molar-refractivity contribution in [2.45, 2.75) is 17.8 Å². The number of nitrogens with zero attached hydrogens (tertiary/aromatic N) is 4. The first-order valence-electron chi connectivity index (χ1n) is 7.38. The maximum atomic E-state index is 4.72. The molecule has 0 saturated carbocycles. The molecule has 0 saturated heterocycles. The topological polar surface area (TPSA) is 43.6 Å². The lowest BCUT2D eigenvalue weighted by Gasteiger charge is -2.07. The van der Waals surface area contributed by atoms with Crippen LogP contribution in [-0.4, -0.2) is 19.7 Å². The Labute approximate surface area is 152 Å². The first-order chi connectivity index (χ1) is 11.8. The quantitative estimate of drug-likeness (QED) is 0.461. The number of para-hydroxylation sites is 1. The molecule has 0 amide bonds. The van der Waals surface area contributed by atoms with E-state index in [-0.39, 0.29) is 0 Å². The highest BCUT2D eigenvalue weighted by Gasteiger charge is 2.12. The predicted molar refractivity (Wildman–Crippen MR) is 101 cm³/mol. The number of benzene rings is 1. The molecule has 0 spiro atoms. The summed E-state index contributed by atoms with van der Waals surface area (Å²) in [6.45, 7) is 1.97. The van der Waals surface area contributed by atoms with Crippen molar-refractivity contribution in [2.75, 3.05) is 0 Å². The largest absolute Gasteiger partial charge is 0.274 e. The van der Waals surface area contributed by atoms with Gasteiger partial charge in [0.1, 0.15) is 10.8 Å². The minimum absolute atomic E-state index is 0.783. The number of hydrogen-bond donors (Lipinski definition) is 0. The molecule has 0 aliphatic carbocycles. The van der Waals surface area contributed by atoms with Crippen LogP contribution in [0.3, 0.4) is 0 Å². The Balaban J connectivity index is 1.53. The number of thiazole rings is 1. The van der Waals surface area contributed by atoms with E-state index in [2.05, 4.69) is 49.1 Å². The molecule has 24 heavy (non-hydrogen) atoms. The number of hydrogen-bond acceptors (Lipinski definition) is 6. The van der Waals surface area contributed by atoms with Crippen molar-refractivity contribution >= 4 is 34.4 Å². The molecule has 3 aromatic heterocycles. The Kier molecular flexibility index (Phi) is 4.46. The lowest BCUT2D eigenvalue weighted by Crippen LogP contribution is -1.98. The van der Waals surface area contributed by atoms with Crippen LogP contribution in [0.2, 0.25) is 0 Å². The second-order valence-corrected chi connectivity index (χ2v) is 7.73. The molecule has 0 aliphatic rings. The van der Waals surface area contributed by atoms with E-state index in [4.69, 9.17) is 4.98 Å². The third kappa shape index (κ3) is 3.15. The summed E-state index contributed by atoms with van der Waals surface area (Å²) in [5.41, 5.74) is 3.36. The first-order valence-corrected chi connectivity index (χ1v) is 10.2. The van der Waals surface area contributed by atoms with Crippen LogP contribution in [0.25, 0.3) is 16.3 Å². The Morgan fingerprint density at radius 2 is 1.96 bits per heavy atom. The van der Waals surface area contributed by atoms with Crippen LogP contribution in [0.5, 0.6) is 0 Å². The number of thioether (sulfide) groups is 1. The summed E-state index contributed by atoms with van der Waals surface area (Å²) >= 11 is 5.05. The molecule has 4 nitrogen and oxygen atoms in total. The van der Waals surface area contributed by atoms with E-state index in [9.17, 15) is 0 Å². The Morgan fingerprint density at radius 3 is 2.75 bits per heavy atom. The van der Waals surface area contributed by atoms with E-state index in [1.54, 1.807) is 34.4 Å². The van der Waals surface area contributed by atoms with Gasteiger partial charge in [0.2, 0.25) is 0 Å². The molecule has 0 atom stereocenters. The molecule has 120 valence electrons. The zero-order valence-corrected chi connectivity index (χ0v) is 15.4. The van der Waals surface area contributed by atoms with Crippen molar-refractivity contribution < 1.29 is 0 Å². The minimum Gasteiger partial charge on any atom is -0.274 e. The van der Waals surface area contributed by atoms with Crippen molar-refractivity contribution in [3.05, 3.63) is 64.1 Å². The van der Waals surface area contributed by atoms with E-state index in [0.717, 1.165) is 33.1 Å². The summed E-state index contributed by atoms with van der Waals surface area (Å²) in [6.07, 6.45) is 0. The number of aryl methyl sites for hydroxylation is 1. The van der Waals surface area contributed by atoms with Gasteiger partial charge < -0.3 is 0 Å². The van der Waals surface area contributed by atoms with Crippen LogP contribution in [0.4, 0.5) is 0 Å². The summed E-state index contributed by atoms with van der Waals surface area (Å²) in [6, 6.07) is 12.3. The molecule has 0 unspecified atom stereocenters. The van der Waals surface area contributed by atoms with Crippen molar-refractivity contribution in [2.24, 2.45) is 0 Å². The minimum atomic E-state index is 0.783. The summed E-state index contributed by atoms with van der Waals surface area (Å²) in [5, 5.41) is 16.8. The fraction of sp³-hybridized carbons (Fsp3) is 0.118. The zero-order chi connectivity index (χ0) is 16.4. The third-order valence-corrected chi connectivity index (χ3v) is 6.06. The highest BCUT2D eigenvalue weighted by atomic mass is 32.2. The molecule has 4 aromatic rings. The van der Waals surface area contributed by atoms with Gasteiger partial charge in [0.25, 0.3) is 0 Å². The number of aromatic nitrogens is 4. The van der Waals surface area contributed by atoms with Crippen LogP contribution < -0.4 is 0 Å². The van der Waals surface area contributed by atoms with E-state index in [1.165, 1.54) is 5.56 Å². The average Bonchev–Trinajstić information content (AvgIpc) is 3.34. The van der Waals surface area contributed by atoms with Crippen molar-refractivity contribution in [3.8, 4) is 16.3 Å². The van der Waals surface area contributed by atoms with Gasteiger partial charge in [-0.25, -0.2) is 4.98 Å². The molecule has 0 aliphatic heterocycles. The van der Waals surface area contributed by atoms with Crippen molar-refractivity contribution in [1.29, 1.82) is 0 Å². The second kappa shape index (κ2) is 6.88. The normalized spacial score (nSPS) is 11.0. The van der Waals surface area contributed by atoms with Crippen LogP contribution in [0.1, 0.15) is 11.5 Å². The monoisotopic (exact) mass is 370 g/mol. The predicted octanol–water partition coefficient (Wildman–Crippen LogP) is 5.05. The Morgan fingerprint density at radius 1 is 1.08 bits per heavy atom. The summed E-state index contributed by atoms with van der Waals surface area (Å²) in [7, 11) is 0. The van der Waals surface area contributed by atoms with Gasteiger partial charge >= 0.3 is 0 Å². The molecular weight excluding hydrogens is 356 g/mol. The highest BCUT2D eigenvalue weighted by Crippen LogP contribution is 2.29. The van der Waals surface area contributed by atoms with Crippen molar-refractivity contribution in [1.82, 2.24) is 19.7 Å². The SMILES string of the molecule is Cc1nnc(SCc2csc(-c3ccsc3)n2)n1-c1ccccc1. The molecule has 7 heteroatoms. The molecule has 0 N–H and O–H groups in total. The maximum absolute atomic E-state index is 4.72. The van der Waals surface area contributed by atoms with Gasteiger partial charge in [0.15, 0.2) is 5.16 Å². The fourth-order valence-corrected chi connectivity index (χ4v) is 4.87. The molecule has 0 bridgehead atoms.